The van der Waals surface area contributed by atoms with E-state index in [1.807, 2.05) is 20.8 Å². The molecule has 0 saturated carbocycles. The zero-order chi connectivity index (χ0) is 14.6. The summed E-state index contributed by atoms with van der Waals surface area (Å²) in [6.07, 6.45) is 0.570. The molecular weight excluding hydrogens is 264 g/mol. The maximum Gasteiger partial charge on any atom is 0.348 e. The summed E-state index contributed by atoms with van der Waals surface area (Å²) in [4.78, 5) is 26.3. The fourth-order valence-electron chi connectivity index (χ4n) is 1.98. The maximum atomic E-state index is 12.4. The first-order valence-corrected chi connectivity index (χ1v) is 7.11. The van der Waals surface area contributed by atoms with E-state index in [1.165, 1.54) is 7.11 Å². The van der Waals surface area contributed by atoms with E-state index >= 15 is 0 Å². The van der Waals surface area contributed by atoms with Crippen LogP contribution in [-0.2, 0) is 11.2 Å². The molecule has 0 atom stereocenters. The highest BCUT2D eigenvalue weighted by Crippen LogP contribution is 2.33. The van der Waals surface area contributed by atoms with E-state index in [2.05, 4.69) is 0 Å². The van der Waals surface area contributed by atoms with Crippen LogP contribution in [0.3, 0.4) is 0 Å². The summed E-state index contributed by atoms with van der Waals surface area (Å²) >= 11 is 1.12. The molecule has 0 aromatic carbocycles. The Morgan fingerprint density at radius 1 is 1.26 bits per heavy atom. The Morgan fingerprint density at radius 3 is 2.26 bits per heavy atom. The van der Waals surface area contributed by atoms with Crippen LogP contribution in [0, 0.1) is 0 Å². The molecule has 0 unspecified atom stereocenters. The van der Waals surface area contributed by atoms with Crippen LogP contribution in [0.4, 0.5) is 5.00 Å². The van der Waals surface area contributed by atoms with Crippen molar-refractivity contribution in [2.45, 2.75) is 27.2 Å². The van der Waals surface area contributed by atoms with Gasteiger partial charge in [0.05, 0.1) is 17.7 Å². The Hall–Kier alpha value is -1.56. The van der Waals surface area contributed by atoms with Crippen molar-refractivity contribution in [2.24, 2.45) is 0 Å². The average molecular weight is 284 g/mol. The van der Waals surface area contributed by atoms with Crippen molar-refractivity contribution < 1.29 is 14.3 Å². The van der Waals surface area contributed by atoms with Crippen molar-refractivity contribution in [1.29, 1.82) is 0 Å². The third-order valence-corrected chi connectivity index (χ3v) is 4.06. The van der Waals surface area contributed by atoms with Crippen LogP contribution in [0.5, 0.6) is 0 Å². The standard InChI is InChI=1S/C13H20N2O3S/c1-5-8-9(12(16)15(6-2)7-3)11(14)19-10(8)13(17)18-4/h5-7,14H2,1-4H3. The van der Waals surface area contributed by atoms with Gasteiger partial charge in [-0.1, -0.05) is 6.92 Å². The molecule has 0 spiro atoms. The number of nitrogens with two attached hydrogens (primary N) is 1. The van der Waals surface area contributed by atoms with Gasteiger partial charge in [0.15, 0.2) is 0 Å². The SMILES string of the molecule is CCc1c(C(=O)OC)sc(N)c1C(=O)N(CC)CC. The van der Waals surface area contributed by atoms with E-state index in [-0.39, 0.29) is 5.91 Å². The Labute approximate surface area is 117 Å². The normalized spacial score (nSPS) is 10.3. The number of amides is 1. The molecule has 106 valence electrons. The Kier molecular flexibility index (Phi) is 5.35. The fraction of sp³-hybridized carbons (Fsp3) is 0.538. The van der Waals surface area contributed by atoms with Crippen LogP contribution in [0.1, 0.15) is 46.4 Å². The van der Waals surface area contributed by atoms with Crippen LogP contribution >= 0.6 is 11.3 Å². The van der Waals surface area contributed by atoms with Gasteiger partial charge in [-0.15, -0.1) is 11.3 Å². The van der Waals surface area contributed by atoms with Crippen molar-refractivity contribution in [2.75, 3.05) is 25.9 Å². The Morgan fingerprint density at radius 2 is 1.84 bits per heavy atom. The van der Waals surface area contributed by atoms with Crippen LogP contribution < -0.4 is 5.73 Å². The number of rotatable bonds is 5. The summed E-state index contributed by atoms with van der Waals surface area (Å²) in [6.45, 7) is 6.95. The summed E-state index contributed by atoms with van der Waals surface area (Å²) in [5, 5.41) is 0.383. The van der Waals surface area contributed by atoms with Gasteiger partial charge in [0.1, 0.15) is 4.88 Å². The lowest BCUT2D eigenvalue weighted by atomic mass is 10.1. The topological polar surface area (TPSA) is 72.6 Å². The monoisotopic (exact) mass is 284 g/mol. The number of thiophene rings is 1. The smallest absolute Gasteiger partial charge is 0.348 e. The molecule has 0 aliphatic rings. The van der Waals surface area contributed by atoms with E-state index < -0.39 is 5.97 Å². The molecule has 0 aliphatic carbocycles. The van der Waals surface area contributed by atoms with E-state index in [4.69, 9.17) is 10.5 Å². The van der Waals surface area contributed by atoms with Crippen LogP contribution in [0.2, 0.25) is 0 Å². The van der Waals surface area contributed by atoms with Crippen molar-refractivity contribution in [3.63, 3.8) is 0 Å². The van der Waals surface area contributed by atoms with Gasteiger partial charge >= 0.3 is 5.97 Å². The summed E-state index contributed by atoms with van der Waals surface area (Å²) in [7, 11) is 1.32. The van der Waals surface area contributed by atoms with Crippen LogP contribution in [0.25, 0.3) is 0 Å². The molecular formula is C13H20N2O3S. The second-order valence-electron chi connectivity index (χ2n) is 3.97. The fourth-order valence-corrected chi connectivity index (χ4v) is 3.05. The first-order chi connectivity index (χ1) is 9.01. The highest BCUT2D eigenvalue weighted by Gasteiger charge is 2.27. The highest BCUT2D eigenvalue weighted by molar-refractivity contribution is 7.18. The minimum absolute atomic E-state index is 0.120. The first-order valence-electron chi connectivity index (χ1n) is 6.30. The number of methoxy groups -OCH3 is 1. The van der Waals surface area contributed by atoms with E-state index in [0.717, 1.165) is 11.3 Å². The number of anilines is 1. The second-order valence-corrected chi connectivity index (χ2v) is 5.02. The number of ether oxygens (including phenoxy) is 1. The van der Waals surface area contributed by atoms with E-state index in [1.54, 1.807) is 4.90 Å². The van der Waals surface area contributed by atoms with Gasteiger partial charge in [-0.3, -0.25) is 4.79 Å². The first kappa shape index (κ1) is 15.5. The quantitative estimate of drug-likeness (QED) is 0.841. The molecule has 2 N–H and O–H groups in total. The molecule has 1 aromatic heterocycles. The molecule has 1 heterocycles. The summed E-state index contributed by atoms with van der Waals surface area (Å²) in [6, 6.07) is 0. The third-order valence-electron chi connectivity index (χ3n) is 3.02. The van der Waals surface area contributed by atoms with E-state index in [0.29, 0.717) is 40.5 Å². The van der Waals surface area contributed by atoms with Gasteiger partial charge in [0.2, 0.25) is 0 Å². The number of hydrogen-bond acceptors (Lipinski definition) is 5. The minimum Gasteiger partial charge on any atom is -0.465 e. The van der Waals surface area contributed by atoms with Crippen LogP contribution in [0.15, 0.2) is 0 Å². The molecule has 0 saturated heterocycles. The lowest BCUT2D eigenvalue weighted by Crippen LogP contribution is -2.31. The predicted molar refractivity (Wildman–Crippen MR) is 76.7 cm³/mol. The number of nitrogen functional groups attached to an aromatic ring is 1. The number of esters is 1. The molecule has 5 nitrogen and oxygen atoms in total. The van der Waals surface area contributed by atoms with E-state index in [9.17, 15) is 9.59 Å². The zero-order valence-electron chi connectivity index (χ0n) is 11.8. The molecule has 0 bridgehead atoms. The molecule has 0 radical (unpaired) electrons. The number of hydrogen-bond donors (Lipinski definition) is 1. The predicted octanol–water partition coefficient (Wildman–Crippen LogP) is 2.16. The molecule has 6 heteroatoms. The van der Waals surface area contributed by atoms with Gasteiger partial charge in [-0.05, 0) is 25.8 Å². The number of carbonyl (C=O) groups is 2. The summed E-state index contributed by atoms with van der Waals surface area (Å²) < 4.78 is 4.73. The molecule has 0 aliphatic heterocycles. The Balaban J connectivity index is 3.31. The molecule has 1 aromatic rings. The molecule has 19 heavy (non-hydrogen) atoms. The lowest BCUT2D eigenvalue weighted by molar-refractivity contribution is 0.0605. The van der Waals surface area contributed by atoms with Crippen molar-refractivity contribution in [3.05, 3.63) is 16.0 Å². The van der Waals surface area contributed by atoms with Crippen molar-refractivity contribution >= 4 is 28.2 Å². The van der Waals surface area contributed by atoms with Crippen LogP contribution in [-0.4, -0.2) is 37.0 Å². The van der Waals surface area contributed by atoms with Gasteiger partial charge in [-0.25, -0.2) is 4.79 Å². The minimum atomic E-state index is -0.438. The Bertz CT molecular complexity index is 478. The average Bonchev–Trinajstić information content (AvgIpc) is 2.75. The van der Waals surface area contributed by atoms with Gasteiger partial charge < -0.3 is 15.4 Å². The summed E-state index contributed by atoms with van der Waals surface area (Å²) in [5.74, 6) is -0.557. The lowest BCUT2D eigenvalue weighted by Gasteiger charge is -2.19. The molecule has 1 rings (SSSR count). The highest BCUT2D eigenvalue weighted by atomic mass is 32.1. The molecule has 1 amide bonds. The summed E-state index contributed by atoms with van der Waals surface area (Å²) in [5.41, 5.74) is 7.06. The number of carbonyl (C=O) groups excluding carboxylic acids is 2. The molecule has 0 fully saturated rings. The zero-order valence-corrected chi connectivity index (χ0v) is 12.6. The largest absolute Gasteiger partial charge is 0.465 e. The van der Waals surface area contributed by atoms with Crippen molar-refractivity contribution in [3.8, 4) is 0 Å². The second kappa shape index (κ2) is 6.56. The third kappa shape index (κ3) is 2.89. The van der Waals surface area contributed by atoms with Crippen molar-refractivity contribution in [1.82, 2.24) is 4.90 Å². The van der Waals surface area contributed by atoms with Gasteiger partial charge in [0, 0.05) is 13.1 Å². The number of nitrogens with zero attached hydrogens (tertiary/aromatic N) is 1. The van der Waals surface area contributed by atoms with Gasteiger partial charge in [-0.2, -0.15) is 0 Å². The van der Waals surface area contributed by atoms with Gasteiger partial charge in [0.25, 0.3) is 5.91 Å². The maximum absolute atomic E-state index is 12.4.